The molecule has 0 radical (unpaired) electrons. The lowest BCUT2D eigenvalue weighted by molar-refractivity contribution is -0.145. The number of benzene rings is 1. The van der Waals surface area contributed by atoms with Gasteiger partial charge in [0.1, 0.15) is 0 Å². The number of cyclic esters (lactones) is 1. The van der Waals surface area contributed by atoms with Gasteiger partial charge in [-0.25, -0.2) is 4.79 Å². The number of hydrogen-bond donors (Lipinski definition) is 0. The number of hydrogen-bond acceptors (Lipinski definition) is 2. The molecule has 1 aliphatic heterocycles. The molecule has 1 atom stereocenters. The summed E-state index contributed by atoms with van der Waals surface area (Å²) in [6, 6.07) is 7.74. The van der Waals surface area contributed by atoms with Crippen LogP contribution in [0, 0.1) is 0 Å². The molecule has 1 heterocycles. The molecule has 3 heteroatoms. The Morgan fingerprint density at radius 2 is 1.93 bits per heavy atom. The number of rotatable bonds is 1. The first kappa shape index (κ1) is 9.46. The van der Waals surface area contributed by atoms with Gasteiger partial charge in [-0.3, -0.25) is 0 Å². The third kappa shape index (κ3) is 1.60. The molecule has 1 aromatic rings. The molecule has 0 aromatic heterocycles. The summed E-state index contributed by atoms with van der Waals surface area (Å²) in [7, 11) is 0. The Morgan fingerprint density at radius 3 is 2.43 bits per heavy atom. The fraction of sp³-hybridized carbons (Fsp3) is 0.182. The van der Waals surface area contributed by atoms with Crippen LogP contribution in [0.1, 0.15) is 12.5 Å². The smallest absolute Gasteiger partial charge is 0.331 e. The summed E-state index contributed by atoms with van der Waals surface area (Å²) in [6.45, 7) is 1.87. The van der Waals surface area contributed by atoms with Crippen LogP contribution >= 0.6 is 15.9 Å². The molecule has 14 heavy (non-hydrogen) atoms. The summed E-state index contributed by atoms with van der Waals surface area (Å²) in [5.41, 5.74) is 0.375. The average molecular weight is 253 g/mol. The van der Waals surface area contributed by atoms with Crippen LogP contribution in [0.4, 0.5) is 0 Å². The summed E-state index contributed by atoms with van der Waals surface area (Å²) in [5, 5.41) is 0. The molecule has 0 fully saturated rings. The van der Waals surface area contributed by atoms with Crippen molar-refractivity contribution in [3.8, 4) is 0 Å². The van der Waals surface area contributed by atoms with E-state index in [1.54, 1.807) is 6.08 Å². The molecule has 0 aliphatic carbocycles. The fourth-order valence-electron chi connectivity index (χ4n) is 1.44. The monoisotopic (exact) mass is 252 g/mol. The fourth-order valence-corrected chi connectivity index (χ4v) is 1.70. The van der Waals surface area contributed by atoms with Crippen LogP contribution in [0.3, 0.4) is 0 Å². The van der Waals surface area contributed by atoms with Crippen LogP contribution in [-0.2, 0) is 15.1 Å². The minimum absolute atomic E-state index is 0.282. The van der Waals surface area contributed by atoms with E-state index in [0.717, 1.165) is 10.0 Å². The highest BCUT2D eigenvalue weighted by molar-refractivity contribution is 9.10. The zero-order valence-corrected chi connectivity index (χ0v) is 9.24. The van der Waals surface area contributed by atoms with Gasteiger partial charge in [-0.15, -0.1) is 0 Å². The summed E-state index contributed by atoms with van der Waals surface area (Å²) in [4.78, 5) is 11.0. The van der Waals surface area contributed by atoms with Gasteiger partial charge in [0.15, 0.2) is 5.60 Å². The number of carbonyl (C=O) groups is 1. The maximum atomic E-state index is 11.0. The number of ether oxygens (including phenoxy) is 1. The number of halogens is 1. The Bertz CT molecular complexity index is 394. The maximum absolute atomic E-state index is 11.0. The standard InChI is InChI=1S/C11H9BrO2/c1-11(7-6-10(13)14-11)8-2-4-9(12)5-3-8/h2-7H,1H3. The van der Waals surface area contributed by atoms with Gasteiger partial charge in [-0.1, -0.05) is 28.1 Å². The van der Waals surface area contributed by atoms with E-state index >= 15 is 0 Å². The van der Waals surface area contributed by atoms with Crippen molar-refractivity contribution in [1.29, 1.82) is 0 Å². The third-order valence-corrected chi connectivity index (χ3v) is 2.80. The molecule has 0 saturated heterocycles. The van der Waals surface area contributed by atoms with Gasteiger partial charge < -0.3 is 4.74 Å². The summed E-state index contributed by atoms with van der Waals surface area (Å²) in [5.74, 6) is -0.282. The van der Waals surface area contributed by atoms with Crippen molar-refractivity contribution in [2.45, 2.75) is 12.5 Å². The first-order valence-corrected chi connectivity index (χ1v) is 5.08. The minimum Gasteiger partial charge on any atom is -0.447 e. The molecule has 0 amide bonds. The molecular formula is C11H9BrO2. The van der Waals surface area contributed by atoms with Crippen molar-refractivity contribution in [2.75, 3.05) is 0 Å². The molecule has 0 N–H and O–H groups in total. The van der Waals surface area contributed by atoms with Gasteiger partial charge in [0, 0.05) is 10.5 Å². The zero-order chi connectivity index (χ0) is 10.2. The molecule has 0 spiro atoms. The summed E-state index contributed by atoms with van der Waals surface area (Å²) < 4.78 is 6.22. The van der Waals surface area contributed by atoms with Gasteiger partial charge in [-0.05, 0) is 30.7 Å². The topological polar surface area (TPSA) is 26.3 Å². The minimum atomic E-state index is -0.599. The average Bonchev–Trinajstić information content (AvgIpc) is 2.48. The van der Waals surface area contributed by atoms with E-state index in [-0.39, 0.29) is 5.97 Å². The highest BCUT2D eigenvalue weighted by atomic mass is 79.9. The van der Waals surface area contributed by atoms with Crippen LogP contribution in [0.25, 0.3) is 0 Å². The Kier molecular flexibility index (Phi) is 2.19. The number of esters is 1. The van der Waals surface area contributed by atoms with Gasteiger partial charge in [0.2, 0.25) is 0 Å². The molecule has 72 valence electrons. The maximum Gasteiger partial charge on any atom is 0.331 e. The summed E-state index contributed by atoms with van der Waals surface area (Å²) >= 11 is 3.36. The lowest BCUT2D eigenvalue weighted by atomic mass is 9.97. The first-order chi connectivity index (χ1) is 6.60. The second-order valence-corrected chi connectivity index (χ2v) is 4.28. The van der Waals surface area contributed by atoms with E-state index in [9.17, 15) is 4.79 Å². The molecule has 1 unspecified atom stereocenters. The van der Waals surface area contributed by atoms with Gasteiger partial charge in [-0.2, -0.15) is 0 Å². The first-order valence-electron chi connectivity index (χ1n) is 4.28. The SMILES string of the molecule is CC1(c2ccc(Br)cc2)C=CC(=O)O1. The van der Waals surface area contributed by atoms with E-state index in [2.05, 4.69) is 15.9 Å². The van der Waals surface area contributed by atoms with Crippen LogP contribution in [0.5, 0.6) is 0 Å². The van der Waals surface area contributed by atoms with Crippen molar-refractivity contribution < 1.29 is 9.53 Å². The van der Waals surface area contributed by atoms with Crippen LogP contribution in [0.15, 0.2) is 40.9 Å². The lowest BCUT2D eigenvalue weighted by Gasteiger charge is -2.21. The van der Waals surface area contributed by atoms with Gasteiger partial charge in [0.25, 0.3) is 0 Å². The third-order valence-electron chi connectivity index (χ3n) is 2.27. The van der Waals surface area contributed by atoms with E-state index < -0.39 is 5.60 Å². The quantitative estimate of drug-likeness (QED) is 0.719. The zero-order valence-electron chi connectivity index (χ0n) is 7.66. The molecule has 1 aliphatic rings. The normalized spacial score (nSPS) is 25.1. The molecule has 2 rings (SSSR count). The highest BCUT2D eigenvalue weighted by Crippen LogP contribution is 2.31. The Hall–Kier alpha value is -1.09. The highest BCUT2D eigenvalue weighted by Gasteiger charge is 2.31. The Balaban J connectivity index is 2.36. The van der Waals surface area contributed by atoms with Gasteiger partial charge in [0.05, 0.1) is 0 Å². The van der Waals surface area contributed by atoms with Crippen LogP contribution in [0.2, 0.25) is 0 Å². The largest absolute Gasteiger partial charge is 0.447 e. The molecule has 1 aromatic carbocycles. The second-order valence-electron chi connectivity index (χ2n) is 3.37. The van der Waals surface area contributed by atoms with E-state index in [4.69, 9.17) is 4.74 Å². The van der Waals surface area contributed by atoms with E-state index in [1.165, 1.54) is 6.08 Å². The predicted molar refractivity (Wildman–Crippen MR) is 56.7 cm³/mol. The van der Waals surface area contributed by atoms with Crippen LogP contribution < -0.4 is 0 Å². The predicted octanol–water partition coefficient (Wildman–Crippen LogP) is 2.78. The van der Waals surface area contributed by atoms with Gasteiger partial charge >= 0.3 is 5.97 Å². The van der Waals surface area contributed by atoms with E-state index in [0.29, 0.717) is 0 Å². The van der Waals surface area contributed by atoms with Crippen LogP contribution in [-0.4, -0.2) is 5.97 Å². The summed E-state index contributed by atoms with van der Waals surface area (Å²) in [6.07, 6.45) is 3.24. The molecular weight excluding hydrogens is 244 g/mol. The molecule has 0 bridgehead atoms. The Morgan fingerprint density at radius 1 is 1.29 bits per heavy atom. The van der Waals surface area contributed by atoms with Crippen molar-refractivity contribution in [2.24, 2.45) is 0 Å². The van der Waals surface area contributed by atoms with Crippen molar-refractivity contribution in [3.63, 3.8) is 0 Å². The Labute approximate surface area is 90.7 Å². The van der Waals surface area contributed by atoms with E-state index in [1.807, 2.05) is 31.2 Å². The molecule has 2 nitrogen and oxygen atoms in total. The lowest BCUT2D eigenvalue weighted by Crippen LogP contribution is -2.20. The number of carbonyl (C=O) groups excluding carboxylic acids is 1. The molecule has 0 saturated carbocycles. The second kappa shape index (κ2) is 3.24. The van der Waals surface area contributed by atoms with Crippen molar-refractivity contribution in [3.05, 3.63) is 46.5 Å². The van der Waals surface area contributed by atoms with Crippen molar-refractivity contribution in [1.82, 2.24) is 0 Å². The van der Waals surface area contributed by atoms with Crippen molar-refractivity contribution >= 4 is 21.9 Å².